The number of rotatable bonds is 4. The Morgan fingerprint density at radius 3 is 2.85 bits per heavy atom. The van der Waals surface area contributed by atoms with Crippen molar-refractivity contribution in [3.05, 3.63) is 88.5 Å². The minimum Gasteiger partial charge on any atom is -0.384 e. The van der Waals surface area contributed by atoms with Crippen molar-refractivity contribution >= 4 is 12.0 Å². The van der Waals surface area contributed by atoms with Crippen molar-refractivity contribution in [1.29, 1.82) is 0 Å². The van der Waals surface area contributed by atoms with E-state index in [1.165, 1.54) is 6.07 Å². The molecule has 1 aliphatic carbocycles. The van der Waals surface area contributed by atoms with Crippen LogP contribution in [0.1, 0.15) is 17.7 Å². The zero-order valence-electron chi connectivity index (χ0n) is 13.9. The van der Waals surface area contributed by atoms with Crippen LogP contribution in [0.25, 0.3) is 6.08 Å². The summed E-state index contributed by atoms with van der Waals surface area (Å²) in [6, 6.07) is 7.64. The van der Waals surface area contributed by atoms with Gasteiger partial charge in [-0.3, -0.25) is 4.79 Å². The van der Waals surface area contributed by atoms with Crippen LogP contribution in [0.15, 0.2) is 65.6 Å². The molecule has 1 aromatic carbocycles. The van der Waals surface area contributed by atoms with Gasteiger partial charge in [0.25, 0.3) is 5.91 Å². The first-order valence-electron chi connectivity index (χ1n) is 8.35. The lowest BCUT2D eigenvalue weighted by Crippen LogP contribution is -2.19. The van der Waals surface area contributed by atoms with Crippen molar-refractivity contribution in [2.75, 3.05) is 0 Å². The van der Waals surface area contributed by atoms with Gasteiger partial charge in [-0.2, -0.15) is 0 Å². The topological polar surface area (TPSA) is 56.9 Å². The number of benzene rings is 1. The molecule has 1 amide bonds. The maximum atomic E-state index is 13.3. The first-order chi connectivity index (χ1) is 12.6. The van der Waals surface area contributed by atoms with E-state index in [1.807, 2.05) is 36.6 Å². The summed E-state index contributed by atoms with van der Waals surface area (Å²) < 4.78 is 26.3. The van der Waals surface area contributed by atoms with E-state index in [-0.39, 0.29) is 11.8 Å². The number of halogens is 2. The van der Waals surface area contributed by atoms with E-state index >= 15 is 0 Å². The van der Waals surface area contributed by atoms with Crippen LogP contribution in [-0.4, -0.2) is 10.9 Å². The van der Waals surface area contributed by atoms with Crippen LogP contribution in [0.4, 0.5) is 8.78 Å². The standard InChI is InChI=1S/C20H17F2N3O/c21-17-5-3-12(8-18(17)22)11-24-14-4-6-19-15(9-14)16(20(26)25-19)10-13-2-1-7-23-13/h1-8,10,15,23-24H,9,11H2,(H,25,26)/b16-10-. The highest BCUT2D eigenvalue weighted by molar-refractivity contribution is 6.03. The van der Waals surface area contributed by atoms with E-state index in [2.05, 4.69) is 15.6 Å². The molecule has 2 aliphatic rings. The Hall–Kier alpha value is -3.15. The number of allylic oxidation sites excluding steroid dienone is 4. The van der Waals surface area contributed by atoms with Gasteiger partial charge in [0.1, 0.15) is 0 Å². The van der Waals surface area contributed by atoms with Crippen LogP contribution in [0, 0.1) is 17.6 Å². The third-order valence-corrected chi connectivity index (χ3v) is 4.60. The number of amides is 1. The third kappa shape index (κ3) is 3.18. The predicted octanol–water partition coefficient (Wildman–Crippen LogP) is 3.38. The van der Waals surface area contributed by atoms with Crippen molar-refractivity contribution in [1.82, 2.24) is 15.6 Å². The first-order valence-corrected chi connectivity index (χ1v) is 8.35. The number of hydrogen-bond acceptors (Lipinski definition) is 2. The van der Waals surface area contributed by atoms with E-state index in [0.717, 1.165) is 23.2 Å². The van der Waals surface area contributed by atoms with Crippen molar-refractivity contribution in [2.24, 2.45) is 5.92 Å². The van der Waals surface area contributed by atoms with Crippen LogP contribution in [-0.2, 0) is 11.3 Å². The fourth-order valence-corrected chi connectivity index (χ4v) is 3.24. The molecule has 4 nitrogen and oxygen atoms in total. The maximum absolute atomic E-state index is 13.3. The van der Waals surface area contributed by atoms with Crippen molar-refractivity contribution in [3.8, 4) is 0 Å². The van der Waals surface area contributed by atoms with Gasteiger partial charge in [-0.05, 0) is 54.5 Å². The summed E-state index contributed by atoms with van der Waals surface area (Å²) in [6.45, 7) is 0.385. The molecular formula is C20H17F2N3O. The number of carbonyl (C=O) groups is 1. The number of aromatic nitrogens is 1. The number of fused-ring (bicyclic) bond motifs is 1. The molecule has 1 fully saturated rings. The van der Waals surface area contributed by atoms with E-state index in [9.17, 15) is 13.6 Å². The van der Waals surface area contributed by atoms with Gasteiger partial charge >= 0.3 is 0 Å². The Balaban J connectivity index is 1.48. The van der Waals surface area contributed by atoms with Crippen molar-refractivity contribution in [3.63, 3.8) is 0 Å². The molecule has 2 aromatic rings. The van der Waals surface area contributed by atoms with Gasteiger partial charge in [-0.25, -0.2) is 8.78 Å². The average molecular weight is 353 g/mol. The lowest BCUT2D eigenvalue weighted by molar-refractivity contribution is -0.115. The molecule has 1 aromatic heterocycles. The largest absolute Gasteiger partial charge is 0.384 e. The zero-order chi connectivity index (χ0) is 18.1. The van der Waals surface area contributed by atoms with E-state index < -0.39 is 11.6 Å². The molecule has 6 heteroatoms. The normalized spacial score (nSPS) is 20.5. The number of carbonyl (C=O) groups excluding carboxylic acids is 1. The molecule has 0 saturated carbocycles. The highest BCUT2D eigenvalue weighted by atomic mass is 19.2. The summed E-state index contributed by atoms with van der Waals surface area (Å²) in [5, 5.41) is 6.15. The summed E-state index contributed by atoms with van der Waals surface area (Å²) >= 11 is 0. The maximum Gasteiger partial charge on any atom is 0.252 e. The molecule has 0 bridgehead atoms. The summed E-state index contributed by atoms with van der Waals surface area (Å²) in [4.78, 5) is 15.3. The van der Waals surface area contributed by atoms with E-state index in [4.69, 9.17) is 0 Å². The molecule has 132 valence electrons. The van der Waals surface area contributed by atoms with Crippen molar-refractivity contribution in [2.45, 2.75) is 13.0 Å². The van der Waals surface area contributed by atoms with Gasteiger partial charge in [-0.15, -0.1) is 0 Å². The fraction of sp³-hybridized carbons (Fsp3) is 0.150. The Kier molecular flexibility index (Phi) is 4.16. The van der Waals surface area contributed by atoms with Gasteiger partial charge < -0.3 is 15.6 Å². The average Bonchev–Trinajstić information content (AvgIpc) is 3.25. The zero-order valence-corrected chi connectivity index (χ0v) is 13.9. The Morgan fingerprint density at radius 2 is 2.08 bits per heavy atom. The van der Waals surface area contributed by atoms with Gasteiger partial charge in [0.2, 0.25) is 0 Å². The SMILES string of the molecule is O=C1NC2=CC=C(NCc3ccc(F)c(F)c3)CC2/C1=C/c1ccc[nH]1. The lowest BCUT2D eigenvalue weighted by atomic mass is 9.90. The first kappa shape index (κ1) is 16.3. The van der Waals surface area contributed by atoms with Crippen LogP contribution in [0.5, 0.6) is 0 Å². The summed E-state index contributed by atoms with van der Waals surface area (Å²) in [7, 11) is 0. The third-order valence-electron chi connectivity index (χ3n) is 4.60. The molecule has 1 unspecified atom stereocenters. The molecule has 1 saturated heterocycles. The van der Waals surface area contributed by atoms with E-state index in [0.29, 0.717) is 24.1 Å². The second-order valence-electron chi connectivity index (χ2n) is 6.35. The number of hydrogen-bond donors (Lipinski definition) is 3. The Morgan fingerprint density at radius 1 is 1.19 bits per heavy atom. The van der Waals surface area contributed by atoms with Crippen LogP contribution < -0.4 is 10.6 Å². The second kappa shape index (κ2) is 6.63. The fourth-order valence-electron chi connectivity index (χ4n) is 3.24. The number of H-pyrrole nitrogens is 1. The van der Waals surface area contributed by atoms with Crippen LogP contribution in [0.3, 0.4) is 0 Å². The molecule has 1 aliphatic heterocycles. The minimum absolute atomic E-state index is 0.0387. The summed E-state index contributed by atoms with van der Waals surface area (Å²) in [6.07, 6.45) is 8.10. The highest BCUT2D eigenvalue weighted by Gasteiger charge is 2.34. The second-order valence-corrected chi connectivity index (χ2v) is 6.35. The molecular weight excluding hydrogens is 336 g/mol. The summed E-state index contributed by atoms with van der Waals surface area (Å²) in [5.74, 6) is -1.84. The molecule has 4 rings (SSSR count). The number of nitrogens with one attached hydrogen (secondary N) is 3. The van der Waals surface area contributed by atoms with Crippen molar-refractivity contribution < 1.29 is 13.6 Å². The predicted molar refractivity (Wildman–Crippen MR) is 94.4 cm³/mol. The highest BCUT2D eigenvalue weighted by Crippen LogP contribution is 2.35. The molecule has 1 atom stereocenters. The van der Waals surface area contributed by atoms with Gasteiger partial charge in [0.15, 0.2) is 11.6 Å². The monoisotopic (exact) mass is 353 g/mol. The van der Waals surface area contributed by atoms with Gasteiger partial charge in [0.05, 0.1) is 0 Å². The van der Waals surface area contributed by atoms with Crippen LogP contribution in [0.2, 0.25) is 0 Å². The number of aromatic amines is 1. The van der Waals surface area contributed by atoms with Crippen LogP contribution >= 0.6 is 0 Å². The molecule has 0 radical (unpaired) electrons. The molecule has 2 heterocycles. The molecule has 26 heavy (non-hydrogen) atoms. The van der Waals surface area contributed by atoms with Gasteiger partial charge in [-0.1, -0.05) is 6.07 Å². The Bertz CT molecular complexity index is 942. The Labute approximate surface area is 149 Å². The lowest BCUT2D eigenvalue weighted by Gasteiger charge is -2.20. The van der Waals surface area contributed by atoms with E-state index in [1.54, 1.807) is 6.07 Å². The molecule has 3 N–H and O–H groups in total. The van der Waals surface area contributed by atoms with Gasteiger partial charge in [0, 0.05) is 41.3 Å². The minimum atomic E-state index is -0.856. The smallest absolute Gasteiger partial charge is 0.252 e. The summed E-state index contributed by atoms with van der Waals surface area (Å²) in [5.41, 5.74) is 4.06. The quantitative estimate of drug-likeness (QED) is 0.738. The molecule has 0 spiro atoms.